The van der Waals surface area contributed by atoms with E-state index in [1.165, 1.54) is 5.56 Å². The molecule has 6 heteroatoms. The predicted octanol–water partition coefficient (Wildman–Crippen LogP) is 2.61. The zero-order valence-corrected chi connectivity index (χ0v) is 13.2. The van der Waals surface area contributed by atoms with Crippen molar-refractivity contribution in [1.29, 1.82) is 0 Å². The number of halogens is 1. The summed E-state index contributed by atoms with van der Waals surface area (Å²) in [5.74, 6) is 1.52. The van der Waals surface area contributed by atoms with Crippen molar-refractivity contribution in [2.24, 2.45) is 7.05 Å². The summed E-state index contributed by atoms with van der Waals surface area (Å²) in [5, 5.41) is 4.40. The summed E-state index contributed by atoms with van der Waals surface area (Å²) in [6.07, 6.45) is 4.65. The van der Waals surface area contributed by atoms with Gasteiger partial charge in [0, 0.05) is 37.3 Å². The standard InChI is InChI=1S/C15H18ClN5/c1-10-6-13-15(17-7-10)21(14(18-13)4-5-16)9-12-8-20(3)19-11(12)2/h6-8H,4-5,9H2,1-3H3. The molecule has 3 aromatic heterocycles. The third-order valence-corrected chi connectivity index (χ3v) is 3.75. The lowest BCUT2D eigenvalue weighted by Gasteiger charge is -2.07. The van der Waals surface area contributed by atoms with E-state index in [0.29, 0.717) is 5.88 Å². The fourth-order valence-corrected chi connectivity index (χ4v) is 2.74. The highest BCUT2D eigenvalue weighted by atomic mass is 35.5. The van der Waals surface area contributed by atoms with Crippen LogP contribution in [0.3, 0.4) is 0 Å². The Morgan fingerprint density at radius 3 is 2.76 bits per heavy atom. The molecule has 0 saturated carbocycles. The lowest BCUT2D eigenvalue weighted by molar-refractivity contribution is 0.742. The van der Waals surface area contributed by atoms with Crippen molar-refractivity contribution >= 4 is 22.8 Å². The molecule has 0 amide bonds. The first kappa shape index (κ1) is 14.1. The molecule has 5 nitrogen and oxygen atoms in total. The number of alkyl halides is 1. The molecule has 3 aromatic rings. The van der Waals surface area contributed by atoms with Crippen molar-refractivity contribution in [2.75, 3.05) is 5.88 Å². The molecule has 0 radical (unpaired) electrons. The minimum atomic E-state index is 0.550. The smallest absolute Gasteiger partial charge is 0.160 e. The number of nitrogens with zero attached hydrogens (tertiary/aromatic N) is 5. The average molecular weight is 304 g/mol. The van der Waals surface area contributed by atoms with E-state index in [9.17, 15) is 0 Å². The van der Waals surface area contributed by atoms with E-state index in [1.54, 1.807) is 0 Å². The van der Waals surface area contributed by atoms with E-state index in [-0.39, 0.29) is 0 Å². The second-order valence-electron chi connectivity index (χ2n) is 5.32. The second-order valence-corrected chi connectivity index (χ2v) is 5.70. The summed E-state index contributed by atoms with van der Waals surface area (Å²) in [4.78, 5) is 9.23. The maximum absolute atomic E-state index is 5.92. The van der Waals surface area contributed by atoms with Gasteiger partial charge in [-0.25, -0.2) is 9.97 Å². The monoisotopic (exact) mass is 303 g/mol. The van der Waals surface area contributed by atoms with E-state index in [0.717, 1.165) is 41.2 Å². The number of hydrogen-bond donors (Lipinski definition) is 0. The number of aryl methyl sites for hydroxylation is 4. The minimum absolute atomic E-state index is 0.550. The van der Waals surface area contributed by atoms with Crippen LogP contribution in [-0.4, -0.2) is 30.2 Å². The predicted molar refractivity (Wildman–Crippen MR) is 83.7 cm³/mol. The molecular formula is C15H18ClN5. The van der Waals surface area contributed by atoms with E-state index in [2.05, 4.69) is 25.7 Å². The van der Waals surface area contributed by atoms with Crippen LogP contribution in [0.25, 0.3) is 11.2 Å². The Balaban J connectivity index is 2.10. The van der Waals surface area contributed by atoms with Gasteiger partial charge in [0.25, 0.3) is 0 Å². The number of rotatable bonds is 4. The summed E-state index contributed by atoms with van der Waals surface area (Å²) in [5.41, 5.74) is 5.15. The molecule has 0 saturated heterocycles. The SMILES string of the molecule is Cc1cnc2c(c1)nc(CCCl)n2Cc1cn(C)nc1C. The van der Waals surface area contributed by atoms with E-state index < -0.39 is 0 Å². The fraction of sp³-hybridized carbons (Fsp3) is 0.400. The largest absolute Gasteiger partial charge is 0.308 e. The molecule has 0 aromatic carbocycles. The van der Waals surface area contributed by atoms with Crippen molar-refractivity contribution < 1.29 is 0 Å². The Bertz CT molecular complexity index is 787. The molecule has 0 aliphatic carbocycles. The number of fused-ring (bicyclic) bond motifs is 1. The first-order valence-electron chi connectivity index (χ1n) is 6.95. The summed E-state index contributed by atoms with van der Waals surface area (Å²) >= 11 is 5.92. The molecule has 3 heterocycles. The minimum Gasteiger partial charge on any atom is -0.308 e. The Morgan fingerprint density at radius 2 is 2.10 bits per heavy atom. The van der Waals surface area contributed by atoms with Crippen molar-refractivity contribution in [3.63, 3.8) is 0 Å². The van der Waals surface area contributed by atoms with Gasteiger partial charge in [-0.05, 0) is 25.5 Å². The molecule has 0 N–H and O–H groups in total. The molecule has 0 bridgehead atoms. The molecule has 110 valence electrons. The molecule has 0 fully saturated rings. The van der Waals surface area contributed by atoms with Crippen molar-refractivity contribution in [2.45, 2.75) is 26.8 Å². The van der Waals surface area contributed by atoms with Gasteiger partial charge >= 0.3 is 0 Å². The van der Waals surface area contributed by atoms with Crippen LogP contribution in [0.4, 0.5) is 0 Å². The van der Waals surface area contributed by atoms with Gasteiger partial charge in [-0.3, -0.25) is 4.68 Å². The lowest BCUT2D eigenvalue weighted by atomic mass is 10.2. The van der Waals surface area contributed by atoms with Gasteiger partial charge in [0.1, 0.15) is 11.3 Å². The van der Waals surface area contributed by atoms with Crippen LogP contribution in [0, 0.1) is 13.8 Å². The zero-order chi connectivity index (χ0) is 15.0. The molecule has 0 spiro atoms. The fourth-order valence-electron chi connectivity index (χ4n) is 2.57. The number of pyridine rings is 1. The molecule has 0 aliphatic rings. The first-order valence-corrected chi connectivity index (χ1v) is 7.49. The lowest BCUT2D eigenvalue weighted by Crippen LogP contribution is -2.07. The van der Waals surface area contributed by atoms with Gasteiger partial charge in [-0.15, -0.1) is 11.6 Å². The number of aromatic nitrogens is 5. The van der Waals surface area contributed by atoms with Crippen LogP contribution in [-0.2, 0) is 20.0 Å². The van der Waals surface area contributed by atoms with Gasteiger partial charge in [-0.1, -0.05) is 0 Å². The second kappa shape index (κ2) is 5.48. The molecule has 21 heavy (non-hydrogen) atoms. The summed E-state index contributed by atoms with van der Waals surface area (Å²) in [7, 11) is 1.93. The third-order valence-electron chi connectivity index (χ3n) is 3.56. The quantitative estimate of drug-likeness (QED) is 0.696. The van der Waals surface area contributed by atoms with E-state index >= 15 is 0 Å². The van der Waals surface area contributed by atoms with Crippen molar-refractivity contribution in [3.8, 4) is 0 Å². The number of imidazole rings is 1. The van der Waals surface area contributed by atoms with E-state index in [1.807, 2.05) is 38.0 Å². The Hall–Kier alpha value is -1.88. The van der Waals surface area contributed by atoms with Gasteiger partial charge in [-0.2, -0.15) is 5.10 Å². The zero-order valence-electron chi connectivity index (χ0n) is 12.5. The number of hydrogen-bond acceptors (Lipinski definition) is 3. The summed E-state index contributed by atoms with van der Waals surface area (Å²) in [6, 6.07) is 2.06. The average Bonchev–Trinajstić information content (AvgIpc) is 2.91. The van der Waals surface area contributed by atoms with Crippen LogP contribution in [0.1, 0.15) is 22.6 Å². The highest BCUT2D eigenvalue weighted by Crippen LogP contribution is 2.19. The highest BCUT2D eigenvalue weighted by Gasteiger charge is 2.14. The summed E-state index contributed by atoms with van der Waals surface area (Å²) < 4.78 is 3.98. The Kier molecular flexibility index (Phi) is 3.68. The van der Waals surface area contributed by atoms with Crippen LogP contribution in [0.2, 0.25) is 0 Å². The van der Waals surface area contributed by atoms with Gasteiger partial charge in [0.2, 0.25) is 0 Å². The molecule has 0 unspecified atom stereocenters. The van der Waals surface area contributed by atoms with Crippen LogP contribution < -0.4 is 0 Å². The van der Waals surface area contributed by atoms with E-state index in [4.69, 9.17) is 11.6 Å². The van der Waals surface area contributed by atoms with Crippen LogP contribution >= 0.6 is 11.6 Å². The summed E-state index contributed by atoms with van der Waals surface area (Å²) in [6.45, 7) is 4.77. The normalized spacial score (nSPS) is 11.4. The van der Waals surface area contributed by atoms with Crippen LogP contribution in [0.5, 0.6) is 0 Å². The maximum Gasteiger partial charge on any atom is 0.160 e. The van der Waals surface area contributed by atoms with Crippen molar-refractivity contribution in [3.05, 3.63) is 41.1 Å². The Labute approximate surface area is 128 Å². The first-order chi connectivity index (χ1) is 10.1. The topological polar surface area (TPSA) is 48.5 Å². The molecule has 0 aliphatic heterocycles. The highest BCUT2D eigenvalue weighted by molar-refractivity contribution is 6.17. The van der Waals surface area contributed by atoms with Crippen molar-refractivity contribution in [1.82, 2.24) is 24.3 Å². The molecule has 3 rings (SSSR count). The molecular weight excluding hydrogens is 286 g/mol. The van der Waals surface area contributed by atoms with Gasteiger partial charge in [0.05, 0.1) is 12.2 Å². The Morgan fingerprint density at radius 1 is 1.29 bits per heavy atom. The molecule has 0 atom stereocenters. The third kappa shape index (κ3) is 2.65. The maximum atomic E-state index is 5.92. The van der Waals surface area contributed by atoms with Crippen LogP contribution in [0.15, 0.2) is 18.5 Å². The van der Waals surface area contributed by atoms with Gasteiger partial charge in [0.15, 0.2) is 5.65 Å². The van der Waals surface area contributed by atoms with Gasteiger partial charge < -0.3 is 4.57 Å².